The summed E-state index contributed by atoms with van der Waals surface area (Å²) < 4.78 is 65.2. The third-order valence-electron chi connectivity index (χ3n) is 3.14. The van der Waals surface area contributed by atoms with Crippen LogP contribution in [0.15, 0.2) is 28.7 Å². The van der Waals surface area contributed by atoms with Gasteiger partial charge < -0.3 is 14.1 Å². The third kappa shape index (κ3) is 3.61. The second-order valence-corrected chi connectivity index (χ2v) is 7.32. The lowest BCUT2D eigenvalue weighted by Crippen LogP contribution is -2.33. The molecule has 0 saturated heterocycles. The van der Waals surface area contributed by atoms with E-state index in [1.165, 1.54) is 31.2 Å². The summed E-state index contributed by atoms with van der Waals surface area (Å²) in [6.45, 7) is 1.23. The number of Topliss-reactive ketones (excluding diaryl/α,β-unsaturated/α-hetero) is 1. The Kier molecular flexibility index (Phi) is 4.83. The average molecular weight is 440 g/mol. The molecule has 0 aliphatic rings. The van der Waals surface area contributed by atoms with Crippen LogP contribution in [0.1, 0.15) is 15.9 Å². The third-order valence-corrected chi connectivity index (χ3v) is 4.59. The lowest BCUT2D eigenvalue weighted by atomic mass is 9.97. The zero-order valence-electron chi connectivity index (χ0n) is 12.2. The lowest BCUT2D eigenvalue weighted by molar-refractivity contribution is -0.296. The van der Waals surface area contributed by atoms with Crippen molar-refractivity contribution in [2.24, 2.45) is 0 Å². The van der Waals surface area contributed by atoms with Gasteiger partial charge in [-0.2, -0.15) is 21.6 Å². The van der Waals surface area contributed by atoms with E-state index in [2.05, 4.69) is 20.1 Å². The van der Waals surface area contributed by atoms with Crippen molar-refractivity contribution in [3.05, 3.63) is 39.9 Å². The number of hydrogen-bond donors (Lipinski definition) is 0. The zero-order chi connectivity index (χ0) is 19.2. The number of hydrogen-bond acceptors (Lipinski definition) is 6. The van der Waals surface area contributed by atoms with Crippen LogP contribution in [0.25, 0.3) is 10.8 Å². The summed E-state index contributed by atoms with van der Waals surface area (Å²) >= 11 is 3.05. The molecular weight excluding hydrogens is 433 g/mol. The first-order valence-electron chi connectivity index (χ1n) is 6.34. The van der Waals surface area contributed by atoms with Crippen LogP contribution in [-0.4, -0.2) is 25.7 Å². The summed E-state index contributed by atoms with van der Waals surface area (Å²) in [6.07, 6.45) is 0. The van der Waals surface area contributed by atoms with Crippen LogP contribution in [0, 0.1) is 6.92 Å². The summed E-state index contributed by atoms with van der Waals surface area (Å²) in [4.78, 5) is 22.7. The van der Waals surface area contributed by atoms with E-state index in [1.807, 2.05) is 0 Å². The average Bonchev–Trinajstić information content (AvgIpc) is 2.46. The molecule has 0 aliphatic heterocycles. The van der Waals surface area contributed by atoms with E-state index < -0.39 is 38.7 Å². The Morgan fingerprint density at radius 3 is 2.32 bits per heavy atom. The second kappa shape index (κ2) is 6.30. The van der Waals surface area contributed by atoms with Crippen LogP contribution in [-0.2, 0) is 14.9 Å². The minimum Gasteiger partial charge on any atom is -0.541 e. The van der Waals surface area contributed by atoms with Gasteiger partial charge in [0, 0.05) is 9.86 Å². The molecule has 0 atom stereocenters. The number of fused-ring (bicyclic) bond motifs is 1. The van der Waals surface area contributed by atoms with Crippen molar-refractivity contribution in [2.75, 3.05) is 0 Å². The fraction of sp³-hybridized carbons (Fsp3) is 0.143. The Labute approximate surface area is 147 Å². The van der Waals surface area contributed by atoms with Crippen molar-refractivity contribution < 1.29 is 40.5 Å². The van der Waals surface area contributed by atoms with Crippen molar-refractivity contribution in [1.82, 2.24) is 0 Å². The molecule has 0 aliphatic carbocycles. The molecule has 0 spiro atoms. The van der Waals surface area contributed by atoms with E-state index in [1.54, 1.807) is 0 Å². The van der Waals surface area contributed by atoms with Gasteiger partial charge >= 0.3 is 15.6 Å². The van der Waals surface area contributed by atoms with Crippen molar-refractivity contribution in [3.63, 3.8) is 0 Å². The van der Waals surface area contributed by atoms with E-state index in [0.29, 0.717) is 4.47 Å². The summed E-state index contributed by atoms with van der Waals surface area (Å²) in [6, 6.07) is 5.45. The van der Waals surface area contributed by atoms with Crippen LogP contribution in [0.5, 0.6) is 5.75 Å². The zero-order valence-corrected chi connectivity index (χ0v) is 14.6. The highest BCUT2D eigenvalue weighted by atomic mass is 79.9. The summed E-state index contributed by atoms with van der Waals surface area (Å²) in [5.74, 6) is -4.94. The predicted molar refractivity (Wildman–Crippen MR) is 81.3 cm³/mol. The minimum absolute atomic E-state index is 0.0867. The number of halogens is 4. The van der Waals surface area contributed by atoms with Gasteiger partial charge in [0.25, 0.3) is 0 Å². The normalized spacial score (nSPS) is 12.2. The van der Waals surface area contributed by atoms with Gasteiger partial charge in [-0.15, -0.1) is 0 Å². The molecule has 0 fully saturated rings. The van der Waals surface area contributed by atoms with Crippen LogP contribution in [0.4, 0.5) is 13.2 Å². The summed E-state index contributed by atoms with van der Waals surface area (Å²) in [5.41, 5.74) is -6.69. The summed E-state index contributed by atoms with van der Waals surface area (Å²) in [5, 5.41) is 10.9. The van der Waals surface area contributed by atoms with Crippen molar-refractivity contribution in [2.45, 2.75) is 12.4 Å². The van der Waals surface area contributed by atoms with Gasteiger partial charge in [-0.3, -0.25) is 4.79 Å². The number of aryl methyl sites for hydroxylation is 1. The van der Waals surface area contributed by atoms with E-state index in [0.717, 1.165) is 0 Å². The Bertz CT molecular complexity index is 998. The van der Waals surface area contributed by atoms with Gasteiger partial charge in [0.15, 0.2) is 5.75 Å². The maximum Gasteiger partial charge on any atom is 0.534 e. The number of benzene rings is 2. The molecule has 0 N–H and O–H groups in total. The first-order chi connectivity index (χ1) is 11.3. The molecule has 2 rings (SSSR count). The number of aliphatic carboxylic acids is 1. The SMILES string of the molecule is Cc1cc2ccc(Br)cc2c(OS(=O)(=O)C(F)(F)F)c1C(=O)C(=O)[O-]. The number of ketones is 1. The van der Waals surface area contributed by atoms with Crippen LogP contribution >= 0.6 is 15.9 Å². The molecule has 0 aromatic heterocycles. The molecule has 2 aromatic rings. The number of carbonyl (C=O) groups excluding carboxylic acids is 2. The lowest BCUT2D eigenvalue weighted by Gasteiger charge is -2.17. The van der Waals surface area contributed by atoms with Crippen molar-refractivity contribution >= 4 is 48.6 Å². The molecule has 0 saturated carbocycles. The molecule has 25 heavy (non-hydrogen) atoms. The minimum atomic E-state index is -6.13. The van der Waals surface area contributed by atoms with Crippen LogP contribution in [0.2, 0.25) is 0 Å². The van der Waals surface area contributed by atoms with Crippen LogP contribution < -0.4 is 9.29 Å². The molecule has 6 nitrogen and oxygen atoms in total. The molecule has 134 valence electrons. The number of rotatable bonds is 4. The van der Waals surface area contributed by atoms with Gasteiger partial charge in [0.2, 0.25) is 5.78 Å². The van der Waals surface area contributed by atoms with E-state index in [-0.39, 0.29) is 16.3 Å². The Morgan fingerprint density at radius 1 is 1.20 bits per heavy atom. The predicted octanol–water partition coefficient (Wildman–Crippen LogP) is 2.07. The molecular formula is C14H7BrF3O6S-. The first-order valence-corrected chi connectivity index (χ1v) is 8.54. The highest BCUT2D eigenvalue weighted by Gasteiger charge is 2.49. The molecule has 0 radical (unpaired) electrons. The Hall–Kier alpha value is -2.14. The van der Waals surface area contributed by atoms with E-state index in [9.17, 15) is 36.3 Å². The first kappa shape index (κ1) is 19.2. The van der Waals surface area contributed by atoms with Gasteiger partial charge in [0.05, 0.1) is 5.56 Å². The van der Waals surface area contributed by atoms with Gasteiger partial charge in [0.1, 0.15) is 5.97 Å². The molecule has 0 unspecified atom stereocenters. The van der Waals surface area contributed by atoms with E-state index >= 15 is 0 Å². The Balaban J connectivity index is 2.90. The Morgan fingerprint density at radius 2 is 1.80 bits per heavy atom. The smallest absolute Gasteiger partial charge is 0.534 e. The largest absolute Gasteiger partial charge is 0.541 e. The molecule has 0 amide bonds. The van der Waals surface area contributed by atoms with Gasteiger partial charge in [-0.05, 0) is 30.0 Å². The quantitative estimate of drug-likeness (QED) is 0.313. The maximum atomic E-state index is 12.7. The fourth-order valence-corrected chi connectivity index (χ4v) is 2.95. The monoisotopic (exact) mass is 439 g/mol. The number of carbonyl (C=O) groups is 2. The topological polar surface area (TPSA) is 101 Å². The number of carboxylic acids is 1. The number of alkyl halides is 3. The summed E-state index contributed by atoms with van der Waals surface area (Å²) in [7, 11) is -6.13. The number of carboxylic acid groups (broad SMARTS) is 1. The van der Waals surface area contributed by atoms with Gasteiger partial charge in [-0.25, -0.2) is 0 Å². The van der Waals surface area contributed by atoms with Crippen molar-refractivity contribution in [1.29, 1.82) is 0 Å². The highest BCUT2D eigenvalue weighted by molar-refractivity contribution is 9.10. The highest BCUT2D eigenvalue weighted by Crippen LogP contribution is 2.38. The maximum absolute atomic E-state index is 12.7. The second-order valence-electron chi connectivity index (χ2n) is 4.86. The fourth-order valence-electron chi connectivity index (χ4n) is 2.10. The molecule has 11 heteroatoms. The van der Waals surface area contributed by atoms with Gasteiger partial charge in [-0.1, -0.05) is 28.1 Å². The van der Waals surface area contributed by atoms with Crippen LogP contribution in [0.3, 0.4) is 0 Å². The molecule has 0 heterocycles. The molecule has 2 aromatic carbocycles. The standard InChI is InChI=1S/C14H8BrF3O6S/c1-6-4-7-2-3-8(15)5-9(7)12(10(6)11(19)13(20)21)24-25(22,23)14(16,17)18/h2-5H,1H3,(H,20,21)/p-1. The molecule has 0 bridgehead atoms. The van der Waals surface area contributed by atoms with Crippen molar-refractivity contribution in [3.8, 4) is 5.75 Å². The van der Waals surface area contributed by atoms with E-state index in [4.69, 9.17) is 0 Å².